The molecule has 0 bridgehead atoms. The van der Waals surface area contributed by atoms with Gasteiger partial charge < -0.3 is 4.84 Å². The number of rotatable bonds is 4. The highest BCUT2D eigenvalue weighted by atomic mass is 16.7. The number of nitro benzene ring substituents is 2. The zero-order valence-electron chi connectivity index (χ0n) is 10.1. The largest absolute Gasteiger partial charge is 0.398 e. The molecule has 0 atom stereocenters. The number of piperidine rings is 1. The summed E-state index contributed by atoms with van der Waals surface area (Å²) in [6, 6.07) is 4.85. The molecule has 1 aromatic carbocycles. The molecule has 2 rings (SSSR count). The van der Waals surface area contributed by atoms with Gasteiger partial charge in [0.05, 0.1) is 9.85 Å². The molecule has 0 amide bonds. The minimum absolute atomic E-state index is 0.207. The van der Waals surface area contributed by atoms with Gasteiger partial charge in [0.15, 0.2) is 0 Å². The molecular formula is C11H12N3O5. The van der Waals surface area contributed by atoms with E-state index in [1.165, 1.54) is 6.07 Å². The summed E-state index contributed by atoms with van der Waals surface area (Å²) < 4.78 is 0. The maximum absolute atomic E-state index is 11.0. The van der Waals surface area contributed by atoms with Crippen molar-refractivity contribution < 1.29 is 14.7 Å². The summed E-state index contributed by atoms with van der Waals surface area (Å²) in [5, 5.41) is 23.3. The highest BCUT2D eigenvalue weighted by Crippen LogP contribution is 2.36. The van der Waals surface area contributed by atoms with Crippen LogP contribution in [0.5, 0.6) is 5.75 Å². The molecule has 8 heteroatoms. The van der Waals surface area contributed by atoms with Gasteiger partial charge in [-0.05, 0) is 18.9 Å². The number of nitrogens with zero attached hydrogens (tertiary/aromatic N) is 3. The van der Waals surface area contributed by atoms with E-state index in [4.69, 9.17) is 4.84 Å². The molecule has 0 spiro atoms. The van der Waals surface area contributed by atoms with Crippen molar-refractivity contribution in [1.82, 2.24) is 5.06 Å². The van der Waals surface area contributed by atoms with Crippen LogP contribution in [0.2, 0.25) is 0 Å². The Morgan fingerprint density at radius 1 is 1.16 bits per heavy atom. The second-order valence-corrected chi connectivity index (χ2v) is 4.14. The topological polar surface area (TPSA) is 98.8 Å². The van der Waals surface area contributed by atoms with Crippen LogP contribution in [0.4, 0.5) is 11.4 Å². The first kappa shape index (κ1) is 13.2. The van der Waals surface area contributed by atoms with Crippen LogP contribution in [0.25, 0.3) is 0 Å². The fourth-order valence-corrected chi connectivity index (χ4v) is 1.94. The Bertz CT molecular complexity index is 499. The maximum Gasteiger partial charge on any atom is 0.390 e. The average Bonchev–Trinajstić information content (AvgIpc) is 2.39. The monoisotopic (exact) mass is 266 g/mol. The van der Waals surface area contributed by atoms with E-state index < -0.39 is 21.2 Å². The Morgan fingerprint density at radius 2 is 1.84 bits per heavy atom. The van der Waals surface area contributed by atoms with Crippen LogP contribution < -0.4 is 4.84 Å². The second kappa shape index (κ2) is 5.61. The van der Waals surface area contributed by atoms with Crippen LogP contribution in [-0.4, -0.2) is 28.0 Å². The predicted octanol–water partition coefficient (Wildman–Crippen LogP) is 2.08. The van der Waals surface area contributed by atoms with Crippen LogP contribution >= 0.6 is 0 Å². The van der Waals surface area contributed by atoms with Crippen molar-refractivity contribution in [1.29, 1.82) is 0 Å². The van der Waals surface area contributed by atoms with E-state index in [0.29, 0.717) is 13.1 Å². The number of nitro groups is 2. The van der Waals surface area contributed by atoms with Crippen LogP contribution in [0, 0.1) is 26.3 Å². The number of hydrogen-bond donors (Lipinski definition) is 0. The van der Waals surface area contributed by atoms with Crippen molar-refractivity contribution in [2.24, 2.45) is 0 Å². The van der Waals surface area contributed by atoms with Crippen molar-refractivity contribution in [2.45, 2.75) is 19.3 Å². The molecule has 101 valence electrons. The molecular weight excluding hydrogens is 254 g/mol. The van der Waals surface area contributed by atoms with Gasteiger partial charge >= 0.3 is 11.4 Å². The highest BCUT2D eigenvalue weighted by molar-refractivity contribution is 5.60. The maximum atomic E-state index is 11.0. The Labute approximate surface area is 108 Å². The average molecular weight is 266 g/mol. The quantitative estimate of drug-likeness (QED) is 0.611. The summed E-state index contributed by atoms with van der Waals surface area (Å²) in [6.45, 7) is 1.29. The molecule has 1 saturated heterocycles. The van der Waals surface area contributed by atoms with Crippen molar-refractivity contribution in [2.75, 3.05) is 13.1 Å². The van der Waals surface area contributed by atoms with Crippen molar-refractivity contribution in [3.05, 3.63) is 38.4 Å². The van der Waals surface area contributed by atoms with E-state index in [1.807, 2.05) is 0 Å². The number of hydroxylamine groups is 2. The van der Waals surface area contributed by atoms with E-state index in [9.17, 15) is 20.2 Å². The van der Waals surface area contributed by atoms with Crippen LogP contribution in [0.3, 0.4) is 0 Å². The summed E-state index contributed by atoms with van der Waals surface area (Å²) in [4.78, 5) is 25.5. The van der Waals surface area contributed by atoms with E-state index in [2.05, 4.69) is 6.07 Å². The fraction of sp³-hybridized carbons (Fsp3) is 0.455. The number of hydrogen-bond acceptors (Lipinski definition) is 6. The van der Waals surface area contributed by atoms with Gasteiger partial charge in [-0.3, -0.25) is 20.2 Å². The third-order valence-corrected chi connectivity index (χ3v) is 2.83. The highest BCUT2D eigenvalue weighted by Gasteiger charge is 2.31. The van der Waals surface area contributed by atoms with Crippen LogP contribution in [0.1, 0.15) is 19.3 Å². The van der Waals surface area contributed by atoms with E-state index in [-0.39, 0.29) is 5.75 Å². The molecule has 0 saturated carbocycles. The summed E-state index contributed by atoms with van der Waals surface area (Å²) in [5.74, 6) is -0.207. The minimum atomic E-state index is -0.812. The SMILES string of the molecule is O=[N+]([O-])c1cc[c]c(ON2CCCCC2)c1[N+](=O)[O-]. The fourth-order valence-electron chi connectivity index (χ4n) is 1.94. The smallest absolute Gasteiger partial charge is 0.390 e. The normalized spacial score (nSPS) is 16.0. The molecule has 0 unspecified atom stereocenters. The van der Waals surface area contributed by atoms with Gasteiger partial charge in [0.1, 0.15) is 0 Å². The van der Waals surface area contributed by atoms with Gasteiger partial charge in [0.2, 0.25) is 5.75 Å². The van der Waals surface area contributed by atoms with Crippen molar-refractivity contribution in [3.8, 4) is 5.75 Å². The first-order chi connectivity index (χ1) is 9.09. The van der Waals surface area contributed by atoms with Crippen molar-refractivity contribution >= 4 is 11.4 Å². The van der Waals surface area contributed by atoms with Crippen molar-refractivity contribution in [3.63, 3.8) is 0 Å². The minimum Gasteiger partial charge on any atom is -0.398 e. The van der Waals surface area contributed by atoms with E-state index >= 15 is 0 Å². The lowest BCUT2D eigenvalue weighted by molar-refractivity contribution is -0.423. The molecule has 1 aliphatic heterocycles. The zero-order valence-corrected chi connectivity index (χ0v) is 10.1. The van der Waals surface area contributed by atoms with E-state index in [1.54, 1.807) is 5.06 Å². The van der Waals surface area contributed by atoms with Crippen LogP contribution in [0.15, 0.2) is 12.1 Å². The summed E-state index contributed by atoms with van der Waals surface area (Å²) in [6.07, 6.45) is 2.95. The number of benzene rings is 1. The second-order valence-electron chi connectivity index (χ2n) is 4.14. The van der Waals surface area contributed by atoms with Gasteiger partial charge in [-0.25, -0.2) is 0 Å². The Kier molecular flexibility index (Phi) is 3.91. The van der Waals surface area contributed by atoms with Gasteiger partial charge in [-0.15, -0.1) is 5.06 Å². The standard InChI is InChI=1S/C11H12N3O5/c15-13(16)9-5-4-6-10(11(9)14(17)18)19-12-7-2-1-3-8-12/h4-5H,1-3,7-8H2. The van der Waals surface area contributed by atoms with Gasteiger partial charge in [-0.2, -0.15) is 0 Å². The zero-order chi connectivity index (χ0) is 13.8. The summed E-state index contributed by atoms with van der Waals surface area (Å²) >= 11 is 0. The lowest BCUT2D eigenvalue weighted by Gasteiger charge is -2.25. The van der Waals surface area contributed by atoms with E-state index in [0.717, 1.165) is 25.3 Å². The lowest BCUT2D eigenvalue weighted by Crippen LogP contribution is -2.33. The molecule has 1 aromatic rings. The predicted molar refractivity (Wildman–Crippen MR) is 64.6 cm³/mol. The molecule has 8 nitrogen and oxygen atoms in total. The molecule has 1 radical (unpaired) electrons. The molecule has 1 heterocycles. The van der Waals surface area contributed by atoms with Gasteiger partial charge in [0, 0.05) is 25.2 Å². The molecule has 19 heavy (non-hydrogen) atoms. The molecule has 1 fully saturated rings. The third kappa shape index (κ3) is 2.97. The third-order valence-electron chi connectivity index (χ3n) is 2.83. The Hall–Kier alpha value is -2.22. The first-order valence-corrected chi connectivity index (χ1v) is 5.86. The van der Waals surface area contributed by atoms with Gasteiger partial charge in [-0.1, -0.05) is 6.42 Å². The molecule has 0 aromatic heterocycles. The van der Waals surface area contributed by atoms with Crippen LogP contribution in [-0.2, 0) is 0 Å². The lowest BCUT2D eigenvalue weighted by atomic mass is 10.2. The Balaban J connectivity index is 2.30. The molecule has 1 aliphatic rings. The molecule has 0 aliphatic carbocycles. The Morgan fingerprint density at radius 3 is 2.42 bits per heavy atom. The first-order valence-electron chi connectivity index (χ1n) is 5.86. The molecule has 0 N–H and O–H groups in total. The summed E-state index contributed by atoms with van der Waals surface area (Å²) in [5.41, 5.74) is -1.24. The van der Waals surface area contributed by atoms with Gasteiger partial charge in [0.25, 0.3) is 0 Å². The summed E-state index contributed by atoms with van der Waals surface area (Å²) in [7, 11) is 0.